The molecule has 0 bridgehead atoms. The van der Waals surface area contributed by atoms with Gasteiger partial charge >= 0.3 is 0 Å². The Kier molecular flexibility index (Phi) is 7.34. The van der Waals surface area contributed by atoms with Crippen molar-refractivity contribution in [1.29, 1.82) is 0 Å². The molecule has 0 unspecified atom stereocenters. The molecule has 1 aliphatic rings. The number of piperazine rings is 1. The number of carbonyl (C=O) groups excluding carboxylic acids is 1. The molecule has 1 amide bonds. The maximum Gasteiger partial charge on any atom is 0.254 e. The van der Waals surface area contributed by atoms with Gasteiger partial charge in [-0.2, -0.15) is 0 Å². The summed E-state index contributed by atoms with van der Waals surface area (Å²) in [6.45, 7) is 4.34. The van der Waals surface area contributed by atoms with Crippen molar-refractivity contribution in [2.24, 2.45) is 0 Å². The van der Waals surface area contributed by atoms with Gasteiger partial charge in [0, 0.05) is 38.8 Å². The van der Waals surface area contributed by atoms with Crippen molar-refractivity contribution >= 4 is 21.6 Å². The van der Waals surface area contributed by atoms with Crippen LogP contribution in [0.1, 0.15) is 34.5 Å². The molecular formula is C27H31N3O3S. The number of benzene rings is 3. The van der Waals surface area contributed by atoms with Gasteiger partial charge in [-0.1, -0.05) is 66.7 Å². The van der Waals surface area contributed by atoms with Crippen LogP contribution in [0.25, 0.3) is 0 Å². The van der Waals surface area contributed by atoms with Gasteiger partial charge in [-0.25, -0.2) is 8.42 Å². The van der Waals surface area contributed by atoms with E-state index in [9.17, 15) is 13.2 Å². The van der Waals surface area contributed by atoms with Crippen LogP contribution in [0.3, 0.4) is 0 Å². The Morgan fingerprint density at radius 3 is 1.94 bits per heavy atom. The molecule has 34 heavy (non-hydrogen) atoms. The van der Waals surface area contributed by atoms with E-state index >= 15 is 0 Å². The predicted octanol–water partition coefficient (Wildman–Crippen LogP) is 4.02. The Morgan fingerprint density at radius 2 is 1.41 bits per heavy atom. The number of nitrogens with zero attached hydrogens (tertiary/aromatic N) is 3. The molecule has 0 N–H and O–H groups in total. The first-order valence-electron chi connectivity index (χ1n) is 11.6. The highest BCUT2D eigenvalue weighted by molar-refractivity contribution is 7.92. The molecule has 3 aromatic carbocycles. The summed E-state index contributed by atoms with van der Waals surface area (Å²) in [5.41, 5.74) is 3.48. The highest BCUT2D eigenvalue weighted by atomic mass is 32.2. The molecule has 1 saturated heterocycles. The van der Waals surface area contributed by atoms with Gasteiger partial charge in [0.15, 0.2) is 0 Å². The van der Waals surface area contributed by atoms with E-state index in [0.29, 0.717) is 24.3 Å². The normalized spacial score (nSPS) is 14.9. The van der Waals surface area contributed by atoms with Gasteiger partial charge in [0.25, 0.3) is 5.91 Å². The van der Waals surface area contributed by atoms with Gasteiger partial charge in [0.1, 0.15) is 0 Å². The van der Waals surface area contributed by atoms with Crippen LogP contribution in [0.4, 0.5) is 5.69 Å². The Balaban J connectivity index is 1.49. The molecule has 0 aromatic heterocycles. The fourth-order valence-electron chi connectivity index (χ4n) is 4.44. The van der Waals surface area contributed by atoms with Crippen LogP contribution in [0.2, 0.25) is 0 Å². The maximum absolute atomic E-state index is 13.2. The van der Waals surface area contributed by atoms with Crippen molar-refractivity contribution in [2.75, 3.05) is 43.3 Å². The third-order valence-corrected chi connectivity index (χ3v) is 8.21. The van der Waals surface area contributed by atoms with E-state index in [1.54, 1.807) is 31.2 Å². The summed E-state index contributed by atoms with van der Waals surface area (Å²) in [5.74, 6) is -0.0621. The minimum Gasteiger partial charge on any atom is -0.336 e. The second kappa shape index (κ2) is 10.4. The lowest BCUT2D eigenvalue weighted by Crippen LogP contribution is -2.49. The van der Waals surface area contributed by atoms with Gasteiger partial charge in [0.05, 0.1) is 17.5 Å². The smallest absolute Gasteiger partial charge is 0.254 e. The van der Waals surface area contributed by atoms with E-state index in [4.69, 9.17) is 0 Å². The second-order valence-electron chi connectivity index (χ2n) is 8.47. The largest absolute Gasteiger partial charge is 0.336 e. The molecule has 0 saturated carbocycles. The maximum atomic E-state index is 13.2. The van der Waals surface area contributed by atoms with Crippen molar-refractivity contribution in [2.45, 2.75) is 13.0 Å². The van der Waals surface area contributed by atoms with Crippen LogP contribution in [0.15, 0.2) is 84.9 Å². The quantitative estimate of drug-likeness (QED) is 0.516. The molecule has 1 fully saturated rings. The van der Waals surface area contributed by atoms with E-state index in [1.165, 1.54) is 22.5 Å². The fraction of sp³-hybridized carbons (Fsp3) is 0.296. The second-order valence-corrected chi connectivity index (χ2v) is 10.8. The van der Waals surface area contributed by atoms with E-state index < -0.39 is 10.0 Å². The first-order valence-corrected chi connectivity index (χ1v) is 13.2. The minimum absolute atomic E-state index is 0.00757. The van der Waals surface area contributed by atoms with E-state index in [1.807, 2.05) is 17.0 Å². The van der Waals surface area contributed by atoms with Crippen LogP contribution >= 0.6 is 0 Å². The zero-order valence-corrected chi connectivity index (χ0v) is 20.5. The topological polar surface area (TPSA) is 60.9 Å². The lowest BCUT2D eigenvalue weighted by atomic mass is 9.96. The summed E-state index contributed by atoms with van der Waals surface area (Å²) >= 11 is 0. The summed E-state index contributed by atoms with van der Waals surface area (Å²) in [7, 11) is -1.86. The van der Waals surface area contributed by atoms with Crippen molar-refractivity contribution in [1.82, 2.24) is 9.80 Å². The van der Waals surface area contributed by atoms with Crippen molar-refractivity contribution in [3.05, 3.63) is 102 Å². The molecule has 1 aliphatic heterocycles. The molecule has 4 rings (SSSR count). The molecule has 0 radical (unpaired) electrons. The Labute approximate surface area is 202 Å². The third-order valence-electron chi connectivity index (χ3n) is 6.44. The van der Waals surface area contributed by atoms with E-state index in [2.05, 4.69) is 53.4 Å². The van der Waals surface area contributed by atoms with Gasteiger partial charge in [0.2, 0.25) is 10.0 Å². The lowest BCUT2D eigenvalue weighted by Gasteiger charge is -2.40. The highest BCUT2D eigenvalue weighted by Crippen LogP contribution is 2.30. The molecule has 1 heterocycles. The first-order chi connectivity index (χ1) is 16.4. The molecule has 0 spiro atoms. The molecule has 0 aliphatic carbocycles. The summed E-state index contributed by atoms with van der Waals surface area (Å²) in [6.07, 6.45) is 0. The van der Waals surface area contributed by atoms with Crippen LogP contribution in [-0.2, 0) is 10.0 Å². The zero-order chi connectivity index (χ0) is 24.1. The number of hydrogen-bond donors (Lipinski definition) is 0. The number of carbonyl (C=O) groups is 1. The van der Waals surface area contributed by atoms with Gasteiger partial charge < -0.3 is 4.90 Å². The molecule has 7 heteroatoms. The standard InChI is InChI=1S/C27H31N3O3S/c1-3-34(32,33)28(2)25-16-10-15-24(21-25)27(31)30-19-17-29(18-20-30)26(22-11-6-4-7-12-22)23-13-8-5-9-14-23/h4-16,21,26H,3,17-20H2,1-2H3. The molecule has 6 nitrogen and oxygen atoms in total. The molecule has 0 atom stereocenters. The molecule has 178 valence electrons. The average molecular weight is 478 g/mol. The molecule has 3 aromatic rings. The summed E-state index contributed by atoms with van der Waals surface area (Å²) < 4.78 is 25.7. The summed E-state index contributed by atoms with van der Waals surface area (Å²) in [4.78, 5) is 17.5. The lowest BCUT2D eigenvalue weighted by molar-refractivity contribution is 0.0597. The Bertz CT molecular complexity index is 1170. The predicted molar refractivity (Wildman–Crippen MR) is 137 cm³/mol. The van der Waals surface area contributed by atoms with Crippen LogP contribution < -0.4 is 4.31 Å². The Morgan fingerprint density at radius 1 is 0.853 bits per heavy atom. The van der Waals surface area contributed by atoms with E-state index in [0.717, 1.165) is 13.1 Å². The van der Waals surface area contributed by atoms with Gasteiger partial charge in [-0.05, 0) is 36.2 Å². The SMILES string of the molecule is CCS(=O)(=O)N(C)c1cccc(C(=O)N2CCN(C(c3ccccc3)c3ccccc3)CC2)c1. The number of sulfonamides is 1. The number of rotatable bonds is 7. The van der Waals surface area contributed by atoms with Crippen molar-refractivity contribution < 1.29 is 13.2 Å². The Hall–Kier alpha value is -3.16. The first kappa shape index (κ1) is 24.0. The van der Waals surface area contributed by atoms with Crippen LogP contribution in [0, 0.1) is 0 Å². The van der Waals surface area contributed by atoms with Crippen molar-refractivity contribution in [3.8, 4) is 0 Å². The fourth-order valence-corrected chi connectivity index (χ4v) is 5.26. The highest BCUT2D eigenvalue weighted by Gasteiger charge is 2.29. The average Bonchev–Trinajstić information content (AvgIpc) is 2.89. The van der Waals surface area contributed by atoms with Gasteiger partial charge in [-0.15, -0.1) is 0 Å². The third kappa shape index (κ3) is 5.16. The van der Waals surface area contributed by atoms with E-state index in [-0.39, 0.29) is 17.7 Å². The van der Waals surface area contributed by atoms with Gasteiger partial charge in [-0.3, -0.25) is 14.0 Å². The number of hydrogen-bond acceptors (Lipinski definition) is 4. The zero-order valence-electron chi connectivity index (χ0n) is 19.7. The summed E-state index contributed by atoms with van der Waals surface area (Å²) in [6, 6.07) is 27.9. The molecular weight excluding hydrogens is 446 g/mol. The summed E-state index contributed by atoms with van der Waals surface area (Å²) in [5, 5.41) is 0. The van der Waals surface area contributed by atoms with Crippen molar-refractivity contribution in [3.63, 3.8) is 0 Å². The van der Waals surface area contributed by atoms with Crippen LogP contribution in [-0.4, -0.2) is 63.1 Å². The van der Waals surface area contributed by atoms with Crippen LogP contribution in [0.5, 0.6) is 0 Å². The number of anilines is 1. The minimum atomic E-state index is -3.39. The monoisotopic (exact) mass is 477 g/mol. The number of amides is 1.